The number of benzene rings is 13. The zero-order valence-corrected chi connectivity index (χ0v) is 82.7. The third-order valence-corrected chi connectivity index (χ3v) is 24.9. The molecule has 1 aliphatic carbocycles. The molecule has 30 nitrogen and oxygen atoms in total. The van der Waals surface area contributed by atoms with Crippen molar-refractivity contribution in [3.05, 3.63) is 429 Å². The van der Waals surface area contributed by atoms with Crippen molar-refractivity contribution < 1.29 is 46.7 Å². The topological polar surface area (TPSA) is 440 Å². The number of para-hydroxylation sites is 4. The van der Waals surface area contributed by atoms with E-state index >= 15 is 0 Å². The molecule has 20 rings (SSSR count). The van der Waals surface area contributed by atoms with Gasteiger partial charge in [-0.15, -0.1) is 5.11 Å². The second-order valence-electron chi connectivity index (χ2n) is 33.0. The normalized spacial score (nSPS) is 11.2. The number of ether oxygens (including phenoxy) is 1. The van der Waals surface area contributed by atoms with Crippen LogP contribution >= 0.6 is 28.1 Å². The Labute approximate surface area is 852 Å². The number of rotatable bonds is 21. The summed E-state index contributed by atoms with van der Waals surface area (Å²) in [5.74, 6) is -0.323. The lowest BCUT2D eigenvalue weighted by molar-refractivity contribution is -0.118. The Morgan fingerprint density at radius 1 is 0.637 bits per heavy atom. The van der Waals surface area contributed by atoms with E-state index in [4.69, 9.17) is 32.0 Å². The van der Waals surface area contributed by atoms with Crippen LogP contribution in [0.1, 0.15) is 80.6 Å². The second kappa shape index (κ2) is 47.2. The van der Waals surface area contributed by atoms with E-state index in [-0.39, 0.29) is 50.6 Å². The van der Waals surface area contributed by atoms with Crippen LogP contribution in [0.4, 0.5) is 51.2 Å². The number of nitrogens with two attached hydrogens (primary N) is 1. The molecule has 1 aliphatic rings. The van der Waals surface area contributed by atoms with Gasteiger partial charge in [-0.1, -0.05) is 192 Å². The summed E-state index contributed by atoms with van der Waals surface area (Å²) in [7, 11) is 1.27. The van der Waals surface area contributed by atoms with E-state index in [1.54, 1.807) is 161 Å². The van der Waals surface area contributed by atoms with Crippen LogP contribution in [0, 0.1) is 37.6 Å². The average molecular weight is 2040 g/mol. The fourth-order valence-corrected chi connectivity index (χ4v) is 17.2. The van der Waals surface area contributed by atoms with Crippen molar-refractivity contribution in [2.45, 2.75) is 32.2 Å². The van der Waals surface area contributed by atoms with Crippen LogP contribution < -0.4 is 37.3 Å². The minimum Gasteiger partial charge on any atom is -0.505 e. The largest absolute Gasteiger partial charge is 0.505 e. The van der Waals surface area contributed by atoms with Crippen molar-refractivity contribution in [2.75, 3.05) is 50.2 Å². The maximum absolute atomic E-state index is 13.0. The molecular formula is C113H94BrN19O11S2. The number of aromatic hydroxyl groups is 1. The summed E-state index contributed by atoms with van der Waals surface area (Å²) >= 11 is 8.31. The summed E-state index contributed by atoms with van der Waals surface area (Å²) in [5, 5.41) is 66.6. The number of fused-ring (bicyclic) bond motifs is 8. The van der Waals surface area contributed by atoms with Gasteiger partial charge in [-0.2, -0.15) is 25.7 Å². The molecule has 0 spiro atoms. The zero-order valence-electron chi connectivity index (χ0n) is 79.5. The van der Waals surface area contributed by atoms with Gasteiger partial charge in [0.15, 0.2) is 33.9 Å². The number of pyridine rings is 3. The minimum atomic E-state index is -3.74. The van der Waals surface area contributed by atoms with Crippen molar-refractivity contribution in [3.63, 3.8) is 0 Å². The highest BCUT2D eigenvalue weighted by molar-refractivity contribution is 9.10. The molecule has 0 saturated carbocycles. The van der Waals surface area contributed by atoms with Gasteiger partial charge < -0.3 is 55.0 Å². The molecule has 0 aliphatic heterocycles. The summed E-state index contributed by atoms with van der Waals surface area (Å²) in [6.45, 7) is 12.0. The maximum Gasteiger partial charge on any atom is 0.293 e. The van der Waals surface area contributed by atoms with Crippen LogP contribution in [-0.2, 0) is 26.1 Å². The van der Waals surface area contributed by atoms with Gasteiger partial charge in [0.2, 0.25) is 15.9 Å². The number of sulfonamides is 1. The number of carbonyl (C=O) groups is 5. The quantitative estimate of drug-likeness (QED) is 0.0181. The van der Waals surface area contributed by atoms with Gasteiger partial charge >= 0.3 is 0 Å². The summed E-state index contributed by atoms with van der Waals surface area (Å²) in [6.07, 6.45) is 7.01. The van der Waals surface area contributed by atoms with Crippen molar-refractivity contribution in [1.29, 1.82) is 10.8 Å². The summed E-state index contributed by atoms with van der Waals surface area (Å²) in [5.41, 5.74) is 25.1. The highest BCUT2D eigenvalue weighted by atomic mass is 79.9. The maximum atomic E-state index is 13.0. The number of aryl methyl sites for hydroxylation is 3. The van der Waals surface area contributed by atoms with E-state index in [0.717, 1.165) is 61.2 Å². The Kier molecular flexibility index (Phi) is 32.9. The number of hydrogen-bond donors (Lipinski definition) is 10. The molecule has 146 heavy (non-hydrogen) atoms. The number of nitriles is 1. The number of azo groups is 2. The number of H-pyrrole nitrogens is 2. The highest BCUT2D eigenvalue weighted by Crippen LogP contribution is 2.42. The molecule has 33 heteroatoms. The first kappa shape index (κ1) is 102. The number of hydrogen-bond acceptors (Lipinski definition) is 23. The number of ketones is 2. The predicted molar refractivity (Wildman–Crippen MR) is 579 cm³/mol. The van der Waals surface area contributed by atoms with Gasteiger partial charge in [0, 0.05) is 122 Å². The fraction of sp³-hybridized carbons (Fsp3) is 0.0796. The molecule has 13 aromatic carbocycles. The number of aromatic amines is 2. The average Bonchev–Trinajstić information content (AvgIpc) is 1.55. The lowest BCUT2D eigenvalue weighted by atomic mass is 9.83. The van der Waals surface area contributed by atoms with Crippen LogP contribution in [0.2, 0.25) is 0 Å². The Balaban J connectivity index is 0.000000134. The molecule has 0 bridgehead atoms. The fourth-order valence-electron chi connectivity index (χ4n) is 16.1. The Hall–Kier alpha value is -18.5. The lowest BCUT2D eigenvalue weighted by Crippen LogP contribution is -2.33. The van der Waals surface area contributed by atoms with E-state index in [9.17, 15) is 47.6 Å². The Bertz CT molecular complexity index is 8460. The molecule has 11 N–H and O–H groups in total. The summed E-state index contributed by atoms with van der Waals surface area (Å²) in [4.78, 5) is 89.0. The molecule has 3 amide bonds. The number of carbonyl (C=O) groups excluding carboxylic acids is 5. The van der Waals surface area contributed by atoms with Crippen LogP contribution in [0.3, 0.4) is 0 Å². The number of aromatic nitrogens is 5. The van der Waals surface area contributed by atoms with E-state index < -0.39 is 21.5 Å². The smallest absolute Gasteiger partial charge is 0.293 e. The van der Waals surface area contributed by atoms with Gasteiger partial charge in [0.25, 0.3) is 17.4 Å². The standard InChI is InChI=1S/C27H24N2O.C25H22N6O3.C20H13N3O2.C20H13N3.C12H11N3O4S2.C9H11BrN2O/c1-18-24-17-28-14-13-22(24)19(2)27-26(18)23-11-7-8-12-25(23)29(27)15-16-30-20(3)21-9-5-4-6-10-21;1-15-14-18(28-30-22-23(32)19-6-4-5-7-21(19)26-24(22)33)12-13-20(15)29-27-17-10-8-16(9-11-17)25(34)31(2)3;21-23-16-10-4-3-9-15(16)22-17-11-5-8-14-18(17)20(25)13-7-2-1-6-12(13)19(14)24;21-13-16-12-18(15-7-2-1-3-8-15)23-19(16)20-17-9-5-4-6-14(17)10-11-22-20;13-21(17,18)9-5-3-8(4-6-9)14-12(20)15-11(16)10-2-1-7-19-10;1-11-9(13)6-12-8-4-2-3-7(10)5-8/h4-14,17H,3,15-16H2,1-2H3;4-14H,1-3H3,(H2,26,32,33);1-11,21-22H;1-12,23H;1-7H,(H2,13,17,18)(H2,14,15,16,20);2-5,12H,6H2,1H3,(H,11,13). The van der Waals surface area contributed by atoms with Crippen LogP contribution in [0.15, 0.2) is 397 Å². The van der Waals surface area contributed by atoms with Crippen molar-refractivity contribution in [2.24, 2.45) is 30.7 Å². The van der Waals surface area contributed by atoms with Gasteiger partial charge in [0.1, 0.15) is 24.1 Å². The van der Waals surface area contributed by atoms with E-state index in [1.165, 1.54) is 85.2 Å². The number of primary sulfonamides is 1. The summed E-state index contributed by atoms with van der Waals surface area (Å²) < 4.78 is 36.6. The molecule has 0 unspecified atom stereocenters. The molecule has 19 aromatic rings. The van der Waals surface area contributed by atoms with Gasteiger partial charge in [-0.3, -0.25) is 44.1 Å². The monoisotopic (exact) mass is 2040 g/mol. The van der Waals surface area contributed by atoms with Gasteiger partial charge in [0.05, 0.1) is 86.2 Å². The van der Waals surface area contributed by atoms with E-state index in [2.05, 4.69) is 149 Å². The van der Waals surface area contributed by atoms with Crippen LogP contribution in [0.25, 0.3) is 82.7 Å². The SMILES string of the molecule is C=C(OCCn1c2ccccc2c2c(C)c3cnccc3c(C)c21)c1ccccc1.CNC(=O)CNc1cccc(Br)c1.Cc1cc(N=Nc2c(O)c3ccccc3[nH]c2=O)ccc1N=Nc1ccc(C(=O)N(C)C)cc1.N#Cc1cc(-c2ccccc2)[nH]c1-c1nccc2ccccc12.N=Nc1ccccc1Nc1cccc2c1C(=O)c1ccccc1C2=O.NS(=O)(=O)c1ccc(NC(=S)NC(=O)c2ccco2)cc1. The Morgan fingerprint density at radius 3 is 2.00 bits per heavy atom. The number of halogens is 1. The number of likely N-dealkylation sites (N-methyl/N-ethyl adjacent to an activating group) is 1. The summed E-state index contributed by atoms with van der Waals surface area (Å²) in [6, 6.07) is 99.4. The molecule has 0 fully saturated rings. The Morgan fingerprint density at radius 2 is 1.29 bits per heavy atom. The van der Waals surface area contributed by atoms with Crippen LogP contribution in [0.5, 0.6) is 5.75 Å². The first-order chi connectivity index (χ1) is 70.6. The number of furan rings is 1. The van der Waals surface area contributed by atoms with Gasteiger partial charge in [-0.05, 0) is 218 Å². The van der Waals surface area contributed by atoms with E-state index in [0.29, 0.717) is 103 Å². The number of thiocarbonyl (C=S) groups is 1. The zero-order chi connectivity index (χ0) is 103. The second-order valence-corrected chi connectivity index (χ2v) is 35.9. The van der Waals surface area contributed by atoms with Gasteiger partial charge in [-0.25, -0.2) is 19.1 Å². The number of nitrogens with zero attached hydrogens (tertiary/aromatic N) is 10. The number of anilines is 4. The van der Waals surface area contributed by atoms with Crippen molar-refractivity contribution in [1.82, 2.24) is 40.0 Å². The number of amides is 3. The number of nitrogens with one attached hydrogen (secondary N) is 8. The highest BCUT2D eigenvalue weighted by Gasteiger charge is 2.32. The van der Waals surface area contributed by atoms with Crippen LogP contribution in [-0.4, -0.2) is 112 Å². The predicted octanol–water partition coefficient (Wildman–Crippen LogP) is 25.0. The minimum absolute atomic E-state index is 0.0152. The van der Waals surface area contributed by atoms with E-state index in [1.807, 2.05) is 147 Å². The van der Waals surface area contributed by atoms with Crippen molar-refractivity contribution in [3.8, 4) is 34.5 Å². The van der Waals surface area contributed by atoms with Crippen molar-refractivity contribution >= 4 is 184 Å². The molecule has 6 aromatic heterocycles. The third-order valence-electron chi connectivity index (χ3n) is 23.3. The lowest BCUT2D eigenvalue weighted by Gasteiger charge is -2.21. The third kappa shape index (κ3) is 24.4. The molecule has 0 saturated heterocycles. The molecular weight excluding hydrogens is 1940 g/mol. The molecule has 0 radical (unpaired) electrons. The first-order valence-electron chi connectivity index (χ1n) is 45.4. The first-order valence-corrected chi connectivity index (χ1v) is 48.2. The molecule has 726 valence electrons. The molecule has 0 atom stereocenters. The molecule has 6 heterocycles.